The van der Waals surface area contributed by atoms with E-state index < -0.39 is 17.9 Å². The van der Waals surface area contributed by atoms with Gasteiger partial charge in [0.15, 0.2) is 0 Å². The molecule has 37 heavy (non-hydrogen) atoms. The van der Waals surface area contributed by atoms with Crippen molar-refractivity contribution < 1.29 is 19.5 Å². The molecule has 2 aromatic heterocycles. The van der Waals surface area contributed by atoms with Crippen molar-refractivity contribution in [3.05, 3.63) is 90.9 Å². The lowest BCUT2D eigenvalue weighted by Gasteiger charge is -2.26. The molecule has 1 aliphatic rings. The van der Waals surface area contributed by atoms with Crippen LogP contribution in [-0.2, 0) is 11.2 Å². The van der Waals surface area contributed by atoms with Gasteiger partial charge in [0.1, 0.15) is 6.04 Å². The summed E-state index contributed by atoms with van der Waals surface area (Å²) >= 11 is 13.8. The van der Waals surface area contributed by atoms with Crippen LogP contribution in [0.1, 0.15) is 48.1 Å². The Labute approximate surface area is 228 Å². The Balaban J connectivity index is 1.40. The Kier molecular flexibility index (Phi) is 8.32. The normalized spacial score (nSPS) is 14.2. The molecular formula is C27H25Cl2N3O4S. The number of carbonyl (C=O) groups is 3. The number of aryl methyl sites for hydroxylation is 2. The van der Waals surface area contributed by atoms with E-state index in [1.165, 1.54) is 12.1 Å². The maximum atomic E-state index is 12.9. The lowest BCUT2D eigenvalue weighted by atomic mass is 9.99. The third-order valence-electron chi connectivity index (χ3n) is 6.17. The van der Waals surface area contributed by atoms with Crippen LogP contribution in [0.15, 0.2) is 48.7 Å². The summed E-state index contributed by atoms with van der Waals surface area (Å²) in [6, 6.07) is 8.98. The lowest BCUT2D eigenvalue weighted by molar-refractivity contribution is -0.139. The number of carboxylic acids is 1. The quantitative estimate of drug-likeness (QED) is 0.404. The minimum Gasteiger partial charge on any atom is -0.480 e. The number of nitrogens with one attached hydrogen (secondary N) is 1. The molecule has 2 N–H and O–H groups in total. The van der Waals surface area contributed by atoms with Gasteiger partial charge in [0.25, 0.3) is 11.8 Å². The first-order valence-electron chi connectivity index (χ1n) is 11.6. The van der Waals surface area contributed by atoms with Crippen molar-refractivity contribution >= 4 is 57.9 Å². The van der Waals surface area contributed by atoms with E-state index in [-0.39, 0.29) is 27.9 Å². The summed E-state index contributed by atoms with van der Waals surface area (Å²) in [7, 11) is 0. The third kappa shape index (κ3) is 6.21. The van der Waals surface area contributed by atoms with E-state index in [9.17, 15) is 19.5 Å². The van der Waals surface area contributed by atoms with Crippen LogP contribution in [-0.4, -0.2) is 51.9 Å². The Bertz CT molecular complexity index is 1360. The van der Waals surface area contributed by atoms with Crippen LogP contribution >= 0.6 is 34.5 Å². The molecule has 3 aromatic rings. The highest BCUT2D eigenvalue weighted by Gasteiger charge is 2.25. The van der Waals surface area contributed by atoms with Crippen molar-refractivity contribution in [1.29, 1.82) is 0 Å². The van der Waals surface area contributed by atoms with Gasteiger partial charge in [-0.3, -0.25) is 14.6 Å². The van der Waals surface area contributed by atoms with Crippen LogP contribution in [0.2, 0.25) is 10.0 Å². The van der Waals surface area contributed by atoms with Gasteiger partial charge < -0.3 is 15.3 Å². The van der Waals surface area contributed by atoms with Gasteiger partial charge in [-0.05, 0) is 55.7 Å². The van der Waals surface area contributed by atoms with Crippen molar-refractivity contribution in [2.45, 2.75) is 32.7 Å². The summed E-state index contributed by atoms with van der Waals surface area (Å²) < 4.78 is 0. The molecular weight excluding hydrogens is 533 g/mol. The van der Waals surface area contributed by atoms with Gasteiger partial charge >= 0.3 is 5.97 Å². The summed E-state index contributed by atoms with van der Waals surface area (Å²) in [5.41, 5.74) is 3.30. The maximum absolute atomic E-state index is 12.9. The largest absolute Gasteiger partial charge is 0.480 e. The predicted octanol–water partition coefficient (Wildman–Crippen LogP) is 5.42. The first-order valence-corrected chi connectivity index (χ1v) is 13.2. The second kappa shape index (κ2) is 11.5. The predicted molar refractivity (Wildman–Crippen MR) is 146 cm³/mol. The molecule has 0 fully saturated rings. The van der Waals surface area contributed by atoms with E-state index in [1.54, 1.807) is 29.7 Å². The number of carboxylic acid groups (broad SMARTS) is 1. The molecule has 0 spiro atoms. The minimum atomic E-state index is -1.21. The van der Waals surface area contributed by atoms with Crippen LogP contribution in [0.5, 0.6) is 0 Å². The molecule has 1 aromatic carbocycles. The Morgan fingerprint density at radius 1 is 1.16 bits per heavy atom. The number of carbonyl (C=O) groups excluding carboxylic acids is 2. The van der Waals surface area contributed by atoms with Gasteiger partial charge in [-0.1, -0.05) is 41.4 Å². The number of hydrogen-bond acceptors (Lipinski definition) is 5. The standard InChI is InChI=1S/C27H25Cl2N3O4S/c1-15-12-20(16(2)37-15)26(34)32-10-8-17(9-11-32)18-6-7-19(30-14-18)13-23(27(35)36)31-25(33)24-21(28)4-3-5-22(24)29/h3-8,12,14,23H,9-11,13H2,1-2H3,(H,31,33)(H,35,36)/t23-/m0/s1. The van der Waals surface area contributed by atoms with Gasteiger partial charge in [0.05, 0.1) is 21.2 Å². The minimum absolute atomic E-state index is 0.00976. The molecule has 0 unspecified atom stereocenters. The number of amides is 2. The summed E-state index contributed by atoms with van der Waals surface area (Å²) in [6.07, 6.45) is 4.41. The number of nitrogens with zero attached hydrogens (tertiary/aromatic N) is 2. The zero-order valence-electron chi connectivity index (χ0n) is 20.3. The van der Waals surface area contributed by atoms with Gasteiger partial charge in [-0.2, -0.15) is 0 Å². The summed E-state index contributed by atoms with van der Waals surface area (Å²) in [4.78, 5) is 45.7. The average Bonchev–Trinajstić information content (AvgIpc) is 3.21. The third-order valence-corrected chi connectivity index (χ3v) is 7.77. The fourth-order valence-electron chi connectivity index (χ4n) is 4.22. The molecule has 0 saturated carbocycles. The number of aromatic nitrogens is 1. The highest BCUT2D eigenvalue weighted by Crippen LogP contribution is 2.27. The van der Waals surface area contributed by atoms with Crippen LogP contribution in [0.3, 0.4) is 0 Å². The van der Waals surface area contributed by atoms with E-state index in [0.29, 0.717) is 25.2 Å². The molecule has 1 atom stereocenters. The monoisotopic (exact) mass is 557 g/mol. The van der Waals surface area contributed by atoms with E-state index >= 15 is 0 Å². The van der Waals surface area contributed by atoms with Gasteiger partial charge in [-0.15, -0.1) is 11.3 Å². The molecule has 0 radical (unpaired) electrons. The van der Waals surface area contributed by atoms with Gasteiger partial charge in [0, 0.05) is 41.2 Å². The highest BCUT2D eigenvalue weighted by atomic mass is 35.5. The van der Waals surface area contributed by atoms with Gasteiger partial charge in [-0.25, -0.2) is 4.79 Å². The van der Waals surface area contributed by atoms with Crippen LogP contribution in [0, 0.1) is 13.8 Å². The SMILES string of the molecule is Cc1cc(C(=O)N2CC=C(c3ccc(C[C@H](NC(=O)c4c(Cl)cccc4Cl)C(=O)O)nc3)CC2)c(C)s1. The zero-order chi connectivity index (χ0) is 26.7. The number of benzene rings is 1. The molecule has 192 valence electrons. The Morgan fingerprint density at radius 3 is 2.43 bits per heavy atom. The molecule has 1 aliphatic heterocycles. The smallest absolute Gasteiger partial charge is 0.326 e. The Hall–Kier alpha value is -3.20. The van der Waals surface area contributed by atoms with Crippen molar-refractivity contribution in [2.75, 3.05) is 13.1 Å². The molecule has 0 bridgehead atoms. The second-order valence-electron chi connectivity index (χ2n) is 8.76. The van der Waals surface area contributed by atoms with Crippen LogP contribution in [0.4, 0.5) is 0 Å². The van der Waals surface area contributed by atoms with E-state index in [4.69, 9.17) is 23.2 Å². The number of rotatable bonds is 7. The summed E-state index contributed by atoms with van der Waals surface area (Å²) in [5.74, 6) is -1.82. The zero-order valence-corrected chi connectivity index (χ0v) is 22.6. The van der Waals surface area contributed by atoms with Crippen molar-refractivity contribution in [3.63, 3.8) is 0 Å². The number of aliphatic carboxylic acids is 1. The lowest BCUT2D eigenvalue weighted by Crippen LogP contribution is -2.42. The molecule has 0 saturated heterocycles. The van der Waals surface area contributed by atoms with Crippen LogP contribution in [0.25, 0.3) is 5.57 Å². The molecule has 4 rings (SSSR count). The fraction of sp³-hybridized carbons (Fsp3) is 0.259. The average molecular weight is 558 g/mol. The van der Waals surface area contributed by atoms with E-state index in [2.05, 4.69) is 10.3 Å². The highest BCUT2D eigenvalue weighted by molar-refractivity contribution is 7.12. The Morgan fingerprint density at radius 2 is 1.89 bits per heavy atom. The van der Waals surface area contributed by atoms with Crippen molar-refractivity contribution in [3.8, 4) is 0 Å². The fourth-order valence-corrected chi connectivity index (χ4v) is 5.70. The molecule has 10 heteroatoms. The van der Waals surface area contributed by atoms with Crippen molar-refractivity contribution in [1.82, 2.24) is 15.2 Å². The summed E-state index contributed by atoms with van der Waals surface area (Å²) in [5, 5.41) is 12.4. The first kappa shape index (κ1) is 26.9. The number of hydrogen-bond donors (Lipinski definition) is 2. The molecule has 2 amide bonds. The molecule has 7 nitrogen and oxygen atoms in total. The first-order chi connectivity index (χ1) is 17.6. The van der Waals surface area contributed by atoms with Crippen molar-refractivity contribution in [2.24, 2.45) is 0 Å². The maximum Gasteiger partial charge on any atom is 0.326 e. The topological polar surface area (TPSA) is 99.6 Å². The number of pyridine rings is 1. The number of thiophene rings is 1. The molecule has 3 heterocycles. The summed E-state index contributed by atoms with van der Waals surface area (Å²) in [6.45, 7) is 5.09. The van der Waals surface area contributed by atoms with E-state index in [1.807, 2.05) is 37.0 Å². The molecule has 0 aliphatic carbocycles. The number of halogens is 2. The van der Waals surface area contributed by atoms with Gasteiger partial charge in [0.2, 0.25) is 0 Å². The van der Waals surface area contributed by atoms with E-state index in [0.717, 1.165) is 26.5 Å². The van der Waals surface area contributed by atoms with Crippen LogP contribution < -0.4 is 5.32 Å². The second-order valence-corrected chi connectivity index (χ2v) is 11.0.